The Hall–Kier alpha value is -3.16. The maximum atomic E-state index is 12.2. The van der Waals surface area contributed by atoms with E-state index in [1.165, 1.54) is 30.5 Å². The fraction of sp³-hybridized carbons (Fsp3) is 0.294. The number of piperidine rings is 1. The summed E-state index contributed by atoms with van der Waals surface area (Å²) in [5.74, 6) is 1.35. The minimum Gasteiger partial charge on any atom is -0.457 e. The molecule has 2 heterocycles. The monoisotopic (exact) mass is 342 g/mol. The molecular weight excluding hydrogens is 324 g/mol. The van der Waals surface area contributed by atoms with E-state index in [1.807, 2.05) is 0 Å². The second-order valence-corrected chi connectivity index (χ2v) is 5.71. The van der Waals surface area contributed by atoms with Gasteiger partial charge in [-0.15, -0.1) is 0 Å². The summed E-state index contributed by atoms with van der Waals surface area (Å²) < 4.78 is 5.65. The van der Waals surface area contributed by atoms with E-state index in [1.54, 1.807) is 17.0 Å². The van der Waals surface area contributed by atoms with Crippen molar-refractivity contribution in [3.8, 4) is 11.5 Å². The molecule has 1 fully saturated rings. The summed E-state index contributed by atoms with van der Waals surface area (Å²) in [6.07, 6.45) is 4.72. The van der Waals surface area contributed by atoms with Crippen LogP contribution in [-0.2, 0) is 0 Å². The molecule has 0 unspecified atom stereocenters. The lowest BCUT2D eigenvalue weighted by Crippen LogP contribution is -2.38. The first kappa shape index (κ1) is 16.7. The number of aromatic nitrogens is 1. The highest BCUT2D eigenvalue weighted by Gasteiger charge is 2.17. The lowest BCUT2D eigenvalue weighted by Gasteiger charge is -2.26. The van der Waals surface area contributed by atoms with Gasteiger partial charge in [0, 0.05) is 37.5 Å². The normalized spacial score (nSPS) is 14.0. The second-order valence-electron chi connectivity index (χ2n) is 5.71. The number of non-ortho nitro benzene ring substituents is 1. The van der Waals surface area contributed by atoms with E-state index in [9.17, 15) is 14.9 Å². The third-order valence-electron chi connectivity index (χ3n) is 3.89. The molecule has 0 atom stereocenters. The number of nitro benzene ring substituents is 1. The van der Waals surface area contributed by atoms with Gasteiger partial charge < -0.3 is 9.64 Å². The summed E-state index contributed by atoms with van der Waals surface area (Å²) in [6, 6.07) is 8.88. The van der Waals surface area contributed by atoms with Gasteiger partial charge in [-0.2, -0.15) is 0 Å². The van der Waals surface area contributed by atoms with Crippen LogP contribution in [0, 0.1) is 10.1 Å². The molecule has 3 rings (SSSR count). The SMILES string of the molecule is O=C(Nc1cc(Oc2ccc([N+](=O)[O-])cc2)ccn1)N1CCCCC1. The molecule has 2 aromatic rings. The average Bonchev–Trinajstić information content (AvgIpc) is 2.63. The van der Waals surface area contributed by atoms with Crippen molar-refractivity contribution >= 4 is 17.5 Å². The maximum Gasteiger partial charge on any atom is 0.323 e. The highest BCUT2D eigenvalue weighted by Crippen LogP contribution is 2.25. The van der Waals surface area contributed by atoms with Gasteiger partial charge in [0.05, 0.1) is 4.92 Å². The minimum atomic E-state index is -0.468. The average molecular weight is 342 g/mol. The number of carbonyl (C=O) groups excluding carboxylic acids is 1. The van der Waals surface area contributed by atoms with Crippen molar-refractivity contribution in [3.63, 3.8) is 0 Å². The van der Waals surface area contributed by atoms with E-state index < -0.39 is 4.92 Å². The summed E-state index contributed by atoms with van der Waals surface area (Å²) in [5, 5.41) is 13.4. The molecule has 1 aliphatic rings. The Bertz CT molecular complexity index is 757. The van der Waals surface area contributed by atoms with Crippen molar-refractivity contribution in [2.24, 2.45) is 0 Å². The molecular formula is C17H18N4O4. The quantitative estimate of drug-likeness (QED) is 0.673. The van der Waals surface area contributed by atoms with Crippen LogP contribution < -0.4 is 10.1 Å². The van der Waals surface area contributed by atoms with Crippen LogP contribution in [0.3, 0.4) is 0 Å². The van der Waals surface area contributed by atoms with Crippen molar-refractivity contribution < 1.29 is 14.5 Å². The molecule has 1 N–H and O–H groups in total. The van der Waals surface area contributed by atoms with Crippen molar-refractivity contribution in [1.29, 1.82) is 0 Å². The van der Waals surface area contributed by atoms with Crippen LogP contribution in [0.5, 0.6) is 11.5 Å². The lowest BCUT2D eigenvalue weighted by atomic mass is 10.1. The van der Waals surface area contributed by atoms with Crippen molar-refractivity contribution in [2.75, 3.05) is 18.4 Å². The Morgan fingerprint density at radius 3 is 2.52 bits per heavy atom. The zero-order chi connectivity index (χ0) is 17.6. The van der Waals surface area contributed by atoms with E-state index in [-0.39, 0.29) is 11.7 Å². The zero-order valence-electron chi connectivity index (χ0n) is 13.6. The highest BCUT2D eigenvalue weighted by atomic mass is 16.6. The first-order chi connectivity index (χ1) is 12.1. The molecule has 1 aliphatic heterocycles. The first-order valence-electron chi connectivity index (χ1n) is 8.06. The third kappa shape index (κ3) is 4.43. The predicted octanol–water partition coefficient (Wildman–Crippen LogP) is 3.80. The number of hydrogen-bond donors (Lipinski definition) is 1. The molecule has 8 heteroatoms. The fourth-order valence-corrected chi connectivity index (χ4v) is 2.60. The van der Waals surface area contributed by atoms with Crippen LogP contribution in [-0.4, -0.2) is 33.9 Å². The van der Waals surface area contributed by atoms with Gasteiger partial charge in [0.15, 0.2) is 0 Å². The van der Waals surface area contributed by atoms with Crippen LogP contribution >= 0.6 is 0 Å². The molecule has 0 spiro atoms. The molecule has 0 radical (unpaired) electrons. The van der Waals surface area contributed by atoms with Crippen LogP contribution in [0.1, 0.15) is 19.3 Å². The largest absolute Gasteiger partial charge is 0.457 e. The molecule has 25 heavy (non-hydrogen) atoms. The first-order valence-corrected chi connectivity index (χ1v) is 8.06. The predicted molar refractivity (Wildman–Crippen MR) is 91.9 cm³/mol. The molecule has 0 aliphatic carbocycles. The molecule has 1 aromatic heterocycles. The number of ether oxygens (including phenoxy) is 1. The third-order valence-corrected chi connectivity index (χ3v) is 3.89. The van der Waals surface area contributed by atoms with E-state index >= 15 is 0 Å². The number of amides is 2. The number of anilines is 1. The highest BCUT2D eigenvalue weighted by molar-refractivity contribution is 5.88. The summed E-state index contributed by atoms with van der Waals surface area (Å²) >= 11 is 0. The number of likely N-dealkylation sites (tertiary alicyclic amines) is 1. The standard InChI is InChI=1S/C17H18N4O4/c22-17(20-10-2-1-3-11-20)19-16-12-15(8-9-18-16)25-14-6-4-13(5-7-14)21(23)24/h4-9,12H,1-3,10-11H2,(H,18,19,22). The zero-order valence-corrected chi connectivity index (χ0v) is 13.6. The number of benzene rings is 1. The Morgan fingerprint density at radius 1 is 1.12 bits per heavy atom. The number of nitrogens with zero attached hydrogens (tertiary/aromatic N) is 3. The van der Waals surface area contributed by atoms with E-state index in [2.05, 4.69) is 10.3 Å². The molecule has 0 saturated carbocycles. The number of urea groups is 1. The van der Waals surface area contributed by atoms with Gasteiger partial charge in [-0.3, -0.25) is 15.4 Å². The number of pyridine rings is 1. The minimum absolute atomic E-state index is 0.00318. The lowest BCUT2D eigenvalue weighted by molar-refractivity contribution is -0.384. The molecule has 1 saturated heterocycles. The van der Waals surface area contributed by atoms with Gasteiger partial charge in [-0.25, -0.2) is 9.78 Å². The van der Waals surface area contributed by atoms with Gasteiger partial charge in [0.25, 0.3) is 5.69 Å². The Kier molecular flexibility index (Phi) is 5.08. The number of nitrogens with one attached hydrogen (secondary N) is 1. The van der Waals surface area contributed by atoms with Crippen LogP contribution in [0.2, 0.25) is 0 Å². The Morgan fingerprint density at radius 2 is 1.84 bits per heavy atom. The van der Waals surface area contributed by atoms with Crippen molar-refractivity contribution in [2.45, 2.75) is 19.3 Å². The van der Waals surface area contributed by atoms with Gasteiger partial charge in [-0.05, 0) is 37.5 Å². The molecule has 0 bridgehead atoms. The van der Waals surface area contributed by atoms with Gasteiger partial charge in [0.1, 0.15) is 17.3 Å². The van der Waals surface area contributed by atoms with E-state index in [0.29, 0.717) is 17.3 Å². The van der Waals surface area contributed by atoms with Crippen LogP contribution in [0.4, 0.5) is 16.3 Å². The number of nitro groups is 1. The maximum absolute atomic E-state index is 12.2. The van der Waals surface area contributed by atoms with Gasteiger partial charge in [-0.1, -0.05) is 0 Å². The van der Waals surface area contributed by atoms with Crippen LogP contribution in [0.25, 0.3) is 0 Å². The molecule has 8 nitrogen and oxygen atoms in total. The van der Waals surface area contributed by atoms with Crippen molar-refractivity contribution in [1.82, 2.24) is 9.88 Å². The van der Waals surface area contributed by atoms with Gasteiger partial charge >= 0.3 is 6.03 Å². The smallest absolute Gasteiger partial charge is 0.323 e. The number of hydrogen-bond acceptors (Lipinski definition) is 5. The molecule has 2 amide bonds. The topological polar surface area (TPSA) is 97.6 Å². The summed E-state index contributed by atoms with van der Waals surface area (Å²) in [7, 11) is 0. The fourth-order valence-electron chi connectivity index (χ4n) is 2.60. The molecule has 130 valence electrons. The number of carbonyl (C=O) groups is 1. The summed E-state index contributed by atoms with van der Waals surface area (Å²) in [4.78, 5) is 28.3. The summed E-state index contributed by atoms with van der Waals surface area (Å²) in [6.45, 7) is 1.51. The Labute approximate surface area is 144 Å². The van der Waals surface area contributed by atoms with Gasteiger partial charge in [0.2, 0.25) is 0 Å². The molecule has 1 aromatic carbocycles. The summed E-state index contributed by atoms with van der Waals surface area (Å²) in [5.41, 5.74) is -0.00318. The second kappa shape index (κ2) is 7.61. The van der Waals surface area contributed by atoms with Crippen LogP contribution in [0.15, 0.2) is 42.6 Å². The van der Waals surface area contributed by atoms with Crippen molar-refractivity contribution in [3.05, 3.63) is 52.7 Å². The number of rotatable bonds is 4. The van der Waals surface area contributed by atoms with E-state index in [4.69, 9.17) is 4.74 Å². The Balaban J connectivity index is 1.64. The van der Waals surface area contributed by atoms with E-state index in [0.717, 1.165) is 32.4 Å².